The van der Waals surface area contributed by atoms with Crippen LogP contribution in [-0.4, -0.2) is 34.1 Å². The number of aromatic nitrogens is 2. The maximum atomic E-state index is 12.1. The van der Waals surface area contributed by atoms with Crippen LogP contribution in [0.2, 0.25) is 0 Å². The molecule has 0 atom stereocenters. The Balaban J connectivity index is 1.55. The number of nitro groups is 1. The number of benzene rings is 2. The summed E-state index contributed by atoms with van der Waals surface area (Å²) >= 11 is 0. The highest BCUT2D eigenvalue weighted by Crippen LogP contribution is 2.18. The fourth-order valence-electron chi connectivity index (χ4n) is 2.67. The Morgan fingerprint density at radius 2 is 1.78 bits per heavy atom. The van der Waals surface area contributed by atoms with Gasteiger partial charge in [-0.2, -0.15) is 5.10 Å². The molecule has 0 aliphatic rings. The number of hydrogen-bond donors (Lipinski definition) is 3. The Morgan fingerprint density at radius 1 is 1.07 bits per heavy atom. The van der Waals surface area contributed by atoms with Crippen molar-refractivity contribution in [2.24, 2.45) is 0 Å². The van der Waals surface area contributed by atoms with Crippen LogP contribution in [0.15, 0.2) is 53.3 Å². The molecule has 1 amide bonds. The molecule has 2 aromatic carbocycles. The van der Waals surface area contributed by atoms with Crippen molar-refractivity contribution in [1.29, 1.82) is 0 Å². The molecule has 3 rings (SSSR count). The maximum absolute atomic E-state index is 12.1. The van der Waals surface area contributed by atoms with Gasteiger partial charge in [-0.3, -0.25) is 19.7 Å². The Bertz CT molecular complexity index is 1050. The van der Waals surface area contributed by atoms with Crippen LogP contribution >= 0.6 is 0 Å². The van der Waals surface area contributed by atoms with Crippen LogP contribution in [0.1, 0.15) is 16.8 Å². The molecule has 0 saturated carbocycles. The molecule has 0 aliphatic heterocycles. The number of para-hydroxylation sites is 1. The van der Waals surface area contributed by atoms with Gasteiger partial charge in [0.15, 0.2) is 5.82 Å². The van der Waals surface area contributed by atoms with Crippen molar-refractivity contribution in [2.45, 2.75) is 6.42 Å². The molecule has 0 radical (unpaired) electrons. The predicted octanol–water partition coefficient (Wildman–Crippen LogP) is 2.06. The average molecular weight is 367 g/mol. The average Bonchev–Trinajstić information content (AvgIpc) is 2.69. The fourth-order valence-corrected chi connectivity index (χ4v) is 2.67. The summed E-state index contributed by atoms with van der Waals surface area (Å²) in [4.78, 5) is 34.3. The standard InChI is InChI=1S/C18H17N5O4/c24-17(14-8-3-4-9-15(14)23(26)27)20-11-5-10-19-16-12-6-1-2-7-13(12)18(25)22-21-16/h1-4,6-9H,5,10-11H2,(H,19,21)(H,20,24)(H,22,25). The van der Waals surface area contributed by atoms with Crippen molar-refractivity contribution < 1.29 is 9.72 Å². The van der Waals surface area contributed by atoms with Gasteiger partial charge in [-0.1, -0.05) is 30.3 Å². The van der Waals surface area contributed by atoms with Crippen molar-refractivity contribution in [2.75, 3.05) is 18.4 Å². The van der Waals surface area contributed by atoms with Gasteiger partial charge in [0.2, 0.25) is 0 Å². The van der Waals surface area contributed by atoms with Crippen LogP contribution in [0.4, 0.5) is 11.5 Å². The van der Waals surface area contributed by atoms with Gasteiger partial charge in [-0.25, -0.2) is 5.10 Å². The summed E-state index contributed by atoms with van der Waals surface area (Å²) in [6.07, 6.45) is 0.571. The van der Waals surface area contributed by atoms with E-state index in [-0.39, 0.29) is 16.8 Å². The van der Waals surface area contributed by atoms with E-state index in [9.17, 15) is 19.7 Å². The third kappa shape index (κ3) is 4.09. The summed E-state index contributed by atoms with van der Waals surface area (Å²) in [6, 6.07) is 12.9. The summed E-state index contributed by atoms with van der Waals surface area (Å²) in [6.45, 7) is 0.833. The molecule has 0 spiro atoms. The summed E-state index contributed by atoms with van der Waals surface area (Å²) in [5.41, 5.74) is -0.450. The predicted molar refractivity (Wildman–Crippen MR) is 101 cm³/mol. The van der Waals surface area contributed by atoms with Gasteiger partial charge in [0.05, 0.1) is 10.3 Å². The molecule has 0 saturated heterocycles. The first-order chi connectivity index (χ1) is 13.1. The van der Waals surface area contributed by atoms with Gasteiger partial charge >= 0.3 is 0 Å². The molecule has 9 nitrogen and oxygen atoms in total. The Labute approximate surface area is 153 Å². The van der Waals surface area contributed by atoms with Crippen LogP contribution < -0.4 is 16.2 Å². The zero-order valence-corrected chi connectivity index (χ0v) is 14.3. The van der Waals surface area contributed by atoms with E-state index in [1.807, 2.05) is 6.07 Å². The lowest BCUT2D eigenvalue weighted by Crippen LogP contribution is -2.26. The number of carbonyl (C=O) groups is 1. The monoisotopic (exact) mass is 367 g/mol. The molecule has 1 aromatic heterocycles. The van der Waals surface area contributed by atoms with Crippen LogP contribution in [0.5, 0.6) is 0 Å². The molecule has 3 aromatic rings. The number of amides is 1. The number of nitrogens with zero attached hydrogens (tertiary/aromatic N) is 2. The molecule has 27 heavy (non-hydrogen) atoms. The van der Waals surface area contributed by atoms with Gasteiger partial charge in [0.1, 0.15) is 5.56 Å². The number of rotatable bonds is 7. The second kappa shape index (κ2) is 8.09. The maximum Gasteiger partial charge on any atom is 0.282 e. The summed E-state index contributed by atoms with van der Waals surface area (Å²) in [5, 5.41) is 24.5. The topological polar surface area (TPSA) is 130 Å². The van der Waals surface area contributed by atoms with E-state index < -0.39 is 10.8 Å². The number of H-pyrrole nitrogens is 1. The largest absolute Gasteiger partial charge is 0.368 e. The molecular formula is C18H17N5O4. The lowest BCUT2D eigenvalue weighted by molar-refractivity contribution is -0.385. The highest BCUT2D eigenvalue weighted by Gasteiger charge is 2.18. The minimum atomic E-state index is -0.580. The van der Waals surface area contributed by atoms with Gasteiger partial charge in [0, 0.05) is 24.5 Å². The van der Waals surface area contributed by atoms with Crippen LogP contribution in [0.3, 0.4) is 0 Å². The molecule has 0 bridgehead atoms. The Hall–Kier alpha value is -3.75. The minimum absolute atomic E-state index is 0.0313. The first kappa shape index (κ1) is 18.1. The van der Waals surface area contributed by atoms with E-state index in [0.717, 1.165) is 0 Å². The lowest BCUT2D eigenvalue weighted by Gasteiger charge is -2.09. The first-order valence-electron chi connectivity index (χ1n) is 8.31. The number of hydrogen-bond acceptors (Lipinski definition) is 6. The molecule has 0 fully saturated rings. The lowest BCUT2D eigenvalue weighted by atomic mass is 10.1. The van der Waals surface area contributed by atoms with E-state index in [2.05, 4.69) is 20.8 Å². The second-order valence-corrected chi connectivity index (χ2v) is 5.76. The van der Waals surface area contributed by atoms with Crippen molar-refractivity contribution >= 4 is 28.2 Å². The molecule has 138 valence electrons. The molecule has 3 N–H and O–H groups in total. The second-order valence-electron chi connectivity index (χ2n) is 5.76. The van der Waals surface area contributed by atoms with E-state index in [4.69, 9.17) is 0 Å². The van der Waals surface area contributed by atoms with E-state index >= 15 is 0 Å². The normalized spacial score (nSPS) is 10.5. The smallest absolute Gasteiger partial charge is 0.282 e. The molecular weight excluding hydrogens is 350 g/mol. The van der Waals surface area contributed by atoms with Crippen LogP contribution in [-0.2, 0) is 0 Å². The third-order valence-electron chi connectivity index (χ3n) is 3.97. The van der Waals surface area contributed by atoms with Gasteiger partial charge in [-0.15, -0.1) is 0 Å². The highest BCUT2D eigenvalue weighted by molar-refractivity contribution is 5.98. The summed E-state index contributed by atoms with van der Waals surface area (Å²) in [5.74, 6) is 0.0603. The summed E-state index contributed by atoms with van der Waals surface area (Å²) in [7, 11) is 0. The van der Waals surface area contributed by atoms with E-state index in [0.29, 0.717) is 36.1 Å². The number of aromatic amines is 1. The molecule has 1 heterocycles. The first-order valence-corrected chi connectivity index (χ1v) is 8.31. The van der Waals surface area contributed by atoms with Gasteiger partial charge in [0.25, 0.3) is 17.2 Å². The van der Waals surface area contributed by atoms with Crippen molar-refractivity contribution in [1.82, 2.24) is 15.5 Å². The third-order valence-corrected chi connectivity index (χ3v) is 3.97. The highest BCUT2D eigenvalue weighted by atomic mass is 16.6. The van der Waals surface area contributed by atoms with Crippen molar-refractivity contribution in [3.8, 4) is 0 Å². The van der Waals surface area contributed by atoms with Crippen LogP contribution in [0.25, 0.3) is 10.8 Å². The quantitative estimate of drug-likeness (QED) is 0.333. The zero-order chi connectivity index (χ0) is 19.2. The number of carbonyl (C=O) groups excluding carboxylic acids is 1. The van der Waals surface area contributed by atoms with Crippen LogP contribution in [0, 0.1) is 10.1 Å². The van der Waals surface area contributed by atoms with Crippen molar-refractivity contribution in [3.63, 3.8) is 0 Å². The Morgan fingerprint density at radius 3 is 2.56 bits per heavy atom. The van der Waals surface area contributed by atoms with Gasteiger partial charge < -0.3 is 10.6 Å². The van der Waals surface area contributed by atoms with Crippen molar-refractivity contribution in [3.05, 3.63) is 74.6 Å². The van der Waals surface area contributed by atoms with Gasteiger partial charge in [-0.05, 0) is 18.6 Å². The fraction of sp³-hybridized carbons (Fsp3) is 0.167. The number of fused-ring (bicyclic) bond motifs is 1. The zero-order valence-electron chi connectivity index (χ0n) is 14.3. The Kier molecular flexibility index (Phi) is 5.41. The number of nitro benzene ring substituents is 1. The number of anilines is 1. The molecule has 0 aliphatic carbocycles. The van der Waals surface area contributed by atoms with E-state index in [1.165, 1.54) is 18.2 Å². The number of nitrogens with one attached hydrogen (secondary N) is 3. The van der Waals surface area contributed by atoms with E-state index in [1.54, 1.807) is 24.3 Å². The molecule has 9 heteroatoms. The molecule has 0 unspecified atom stereocenters. The summed E-state index contributed by atoms with van der Waals surface area (Å²) < 4.78 is 0. The minimum Gasteiger partial charge on any atom is -0.368 e. The SMILES string of the molecule is O=C(NCCCNc1n[nH]c(=O)c2ccccc12)c1ccccc1[N+](=O)[O-].